The second kappa shape index (κ2) is 6.99. The molecule has 0 aromatic heterocycles. The van der Waals surface area contributed by atoms with Gasteiger partial charge in [0.1, 0.15) is 4.99 Å². The SMILES string of the molecule is CCSc1cccc(NCC2(N(C)C)CCC2)c1C(N)=S. The number of hydrogen-bond acceptors (Lipinski definition) is 4. The predicted molar refractivity (Wildman–Crippen MR) is 97.5 cm³/mol. The normalized spacial score (nSPS) is 16.6. The van der Waals surface area contributed by atoms with Crippen molar-refractivity contribution in [2.75, 3.05) is 31.7 Å². The molecule has 0 atom stereocenters. The van der Waals surface area contributed by atoms with Crippen LogP contribution in [0.1, 0.15) is 31.7 Å². The molecule has 21 heavy (non-hydrogen) atoms. The summed E-state index contributed by atoms with van der Waals surface area (Å²) in [6.45, 7) is 3.08. The summed E-state index contributed by atoms with van der Waals surface area (Å²) in [6.07, 6.45) is 3.81. The number of nitrogens with zero attached hydrogens (tertiary/aromatic N) is 1. The molecule has 2 rings (SSSR count). The van der Waals surface area contributed by atoms with Crippen molar-refractivity contribution in [1.82, 2.24) is 4.90 Å². The maximum Gasteiger partial charge on any atom is 0.107 e. The second-order valence-electron chi connectivity index (χ2n) is 5.80. The van der Waals surface area contributed by atoms with Gasteiger partial charge in [-0.05, 0) is 51.2 Å². The number of nitrogens with two attached hydrogens (primary N) is 1. The Hall–Kier alpha value is -0.780. The highest BCUT2D eigenvalue weighted by Crippen LogP contribution is 2.37. The van der Waals surface area contributed by atoms with Crippen LogP contribution in [-0.2, 0) is 0 Å². The lowest BCUT2D eigenvalue weighted by atomic mass is 9.75. The summed E-state index contributed by atoms with van der Waals surface area (Å²) in [5.74, 6) is 1.01. The number of rotatable bonds is 7. The molecule has 0 amide bonds. The quantitative estimate of drug-likeness (QED) is 0.595. The molecule has 0 spiro atoms. The fourth-order valence-corrected chi connectivity index (χ4v) is 3.97. The van der Waals surface area contributed by atoms with Crippen LogP contribution in [0.4, 0.5) is 5.69 Å². The third kappa shape index (κ3) is 3.52. The van der Waals surface area contributed by atoms with Crippen LogP contribution in [0.5, 0.6) is 0 Å². The first kappa shape index (κ1) is 16.6. The standard InChI is InChI=1S/C16H25N3S2/c1-4-21-13-8-5-7-12(14(13)15(17)20)18-11-16(19(2)3)9-6-10-16/h5,7-8,18H,4,6,9-11H2,1-3H3,(H2,17,20). The van der Waals surface area contributed by atoms with Gasteiger partial charge in [-0.15, -0.1) is 11.8 Å². The van der Waals surface area contributed by atoms with E-state index in [1.54, 1.807) is 11.8 Å². The molecule has 1 saturated carbocycles. The highest BCUT2D eigenvalue weighted by molar-refractivity contribution is 7.99. The molecular weight excluding hydrogens is 298 g/mol. The summed E-state index contributed by atoms with van der Waals surface area (Å²) in [5.41, 5.74) is 8.30. The third-order valence-electron chi connectivity index (χ3n) is 4.41. The molecule has 3 nitrogen and oxygen atoms in total. The van der Waals surface area contributed by atoms with Crippen LogP contribution in [-0.4, -0.2) is 41.8 Å². The Morgan fingerprint density at radius 2 is 2.14 bits per heavy atom. The van der Waals surface area contributed by atoms with E-state index in [1.165, 1.54) is 24.2 Å². The van der Waals surface area contributed by atoms with Gasteiger partial charge in [0.25, 0.3) is 0 Å². The second-order valence-corrected chi connectivity index (χ2v) is 7.55. The topological polar surface area (TPSA) is 41.3 Å². The minimum Gasteiger partial charge on any atom is -0.389 e. The zero-order valence-electron chi connectivity index (χ0n) is 13.1. The van der Waals surface area contributed by atoms with E-state index in [4.69, 9.17) is 18.0 Å². The van der Waals surface area contributed by atoms with Crippen LogP contribution in [0.25, 0.3) is 0 Å². The number of nitrogens with one attached hydrogen (secondary N) is 1. The third-order valence-corrected chi connectivity index (χ3v) is 5.56. The number of thiocarbonyl (C=S) groups is 1. The molecule has 5 heteroatoms. The minimum atomic E-state index is 0.279. The van der Waals surface area contributed by atoms with Crippen LogP contribution >= 0.6 is 24.0 Å². The van der Waals surface area contributed by atoms with Crippen molar-refractivity contribution in [3.63, 3.8) is 0 Å². The highest BCUT2D eigenvalue weighted by atomic mass is 32.2. The smallest absolute Gasteiger partial charge is 0.107 e. The molecule has 1 aliphatic carbocycles. The van der Waals surface area contributed by atoms with E-state index in [1.807, 2.05) is 0 Å². The van der Waals surface area contributed by atoms with Crippen LogP contribution in [0, 0.1) is 0 Å². The lowest BCUT2D eigenvalue weighted by Crippen LogP contribution is -2.54. The van der Waals surface area contributed by atoms with Crippen molar-refractivity contribution in [2.24, 2.45) is 5.73 Å². The molecule has 0 aliphatic heterocycles. The number of likely N-dealkylation sites (N-methyl/N-ethyl adjacent to an activating group) is 1. The largest absolute Gasteiger partial charge is 0.389 e. The molecule has 0 heterocycles. The fraction of sp³-hybridized carbons (Fsp3) is 0.562. The van der Waals surface area contributed by atoms with Gasteiger partial charge in [0.2, 0.25) is 0 Å². The first-order valence-electron chi connectivity index (χ1n) is 7.47. The summed E-state index contributed by atoms with van der Waals surface area (Å²) in [4.78, 5) is 3.98. The van der Waals surface area contributed by atoms with Crippen LogP contribution < -0.4 is 11.1 Å². The molecular formula is C16H25N3S2. The molecule has 1 aromatic carbocycles. The number of benzene rings is 1. The number of thioether (sulfide) groups is 1. The molecule has 1 fully saturated rings. The zero-order valence-corrected chi connectivity index (χ0v) is 14.7. The Balaban J connectivity index is 2.19. The van der Waals surface area contributed by atoms with Gasteiger partial charge in [0, 0.05) is 28.2 Å². The molecule has 0 radical (unpaired) electrons. The van der Waals surface area contributed by atoms with E-state index in [9.17, 15) is 0 Å². The molecule has 0 bridgehead atoms. The minimum absolute atomic E-state index is 0.279. The molecule has 116 valence electrons. The van der Waals surface area contributed by atoms with E-state index in [2.05, 4.69) is 49.4 Å². The van der Waals surface area contributed by atoms with Gasteiger partial charge in [0.15, 0.2) is 0 Å². The first-order chi connectivity index (χ1) is 10.00. The van der Waals surface area contributed by atoms with E-state index >= 15 is 0 Å². The van der Waals surface area contributed by atoms with E-state index in [0.717, 1.165) is 23.5 Å². The zero-order chi connectivity index (χ0) is 15.5. The first-order valence-corrected chi connectivity index (χ1v) is 8.86. The van der Waals surface area contributed by atoms with Crippen LogP contribution in [0.3, 0.4) is 0 Å². The van der Waals surface area contributed by atoms with Crippen LogP contribution in [0.2, 0.25) is 0 Å². The number of anilines is 1. The molecule has 3 N–H and O–H groups in total. The summed E-state index contributed by atoms with van der Waals surface area (Å²) in [5, 5.41) is 3.60. The van der Waals surface area contributed by atoms with Gasteiger partial charge in [-0.25, -0.2) is 0 Å². The molecule has 1 aromatic rings. The Morgan fingerprint density at radius 1 is 1.43 bits per heavy atom. The lowest BCUT2D eigenvalue weighted by molar-refractivity contribution is 0.0739. The van der Waals surface area contributed by atoms with E-state index < -0.39 is 0 Å². The highest BCUT2D eigenvalue weighted by Gasteiger charge is 2.38. The van der Waals surface area contributed by atoms with E-state index in [-0.39, 0.29) is 5.54 Å². The van der Waals surface area contributed by atoms with Gasteiger partial charge >= 0.3 is 0 Å². The monoisotopic (exact) mass is 323 g/mol. The maximum atomic E-state index is 5.96. The van der Waals surface area contributed by atoms with Crippen molar-refractivity contribution in [3.05, 3.63) is 23.8 Å². The van der Waals surface area contributed by atoms with Crippen molar-refractivity contribution in [3.8, 4) is 0 Å². The Morgan fingerprint density at radius 3 is 2.62 bits per heavy atom. The number of hydrogen-bond donors (Lipinski definition) is 2. The van der Waals surface area contributed by atoms with Crippen LogP contribution in [0.15, 0.2) is 23.1 Å². The Kier molecular flexibility index (Phi) is 5.52. The van der Waals surface area contributed by atoms with Crippen molar-refractivity contribution >= 4 is 34.7 Å². The summed E-state index contributed by atoms with van der Waals surface area (Å²) >= 11 is 7.05. The summed E-state index contributed by atoms with van der Waals surface area (Å²) < 4.78 is 0. The van der Waals surface area contributed by atoms with Gasteiger partial charge in [-0.3, -0.25) is 0 Å². The maximum absolute atomic E-state index is 5.96. The predicted octanol–water partition coefficient (Wildman–Crippen LogP) is 3.33. The van der Waals surface area contributed by atoms with Gasteiger partial charge in [-0.1, -0.05) is 25.2 Å². The molecule has 0 saturated heterocycles. The Labute approximate surface area is 137 Å². The van der Waals surface area contributed by atoms with Crippen molar-refractivity contribution < 1.29 is 0 Å². The van der Waals surface area contributed by atoms with Crippen molar-refractivity contribution in [2.45, 2.75) is 36.6 Å². The summed E-state index contributed by atoms with van der Waals surface area (Å²) in [7, 11) is 4.33. The average Bonchev–Trinajstić information content (AvgIpc) is 2.37. The molecule has 0 unspecified atom stereocenters. The molecule has 1 aliphatic rings. The van der Waals surface area contributed by atoms with Gasteiger partial charge in [-0.2, -0.15) is 0 Å². The van der Waals surface area contributed by atoms with E-state index in [0.29, 0.717) is 4.99 Å². The summed E-state index contributed by atoms with van der Waals surface area (Å²) in [6, 6.07) is 6.25. The lowest BCUT2D eigenvalue weighted by Gasteiger charge is -2.47. The fourth-order valence-electron chi connectivity index (χ4n) is 2.84. The van der Waals surface area contributed by atoms with Gasteiger partial charge < -0.3 is 16.0 Å². The Bertz CT molecular complexity index is 510. The van der Waals surface area contributed by atoms with Crippen molar-refractivity contribution in [1.29, 1.82) is 0 Å². The average molecular weight is 324 g/mol. The van der Waals surface area contributed by atoms with Gasteiger partial charge in [0.05, 0.1) is 0 Å².